The minimum atomic E-state index is -3.77. The molecule has 0 bridgehead atoms. The van der Waals surface area contributed by atoms with Crippen molar-refractivity contribution >= 4 is 45.0 Å². The van der Waals surface area contributed by atoms with E-state index in [2.05, 4.69) is 5.32 Å². The van der Waals surface area contributed by atoms with Gasteiger partial charge in [0.15, 0.2) is 12.4 Å². The predicted octanol–water partition coefficient (Wildman–Crippen LogP) is 3.70. The largest absolute Gasteiger partial charge is 0.452 e. The molecule has 0 radical (unpaired) electrons. The van der Waals surface area contributed by atoms with E-state index in [4.69, 9.17) is 21.1 Å². The summed E-state index contributed by atoms with van der Waals surface area (Å²) in [5, 5.41) is 3.03. The predicted molar refractivity (Wildman–Crippen MR) is 141 cm³/mol. The van der Waals surface area contributed by atoms with Crippen LogP contribution in [0.25, 0.3) is 0 Å². The molecule has 1 heterocycles. The van der Waals surface area contributed by atoms with Gasteiger partial charge in [0, 0.05) is 34.9 Å². The van der Waals surface area contributed by atoms with Crippen LogP contribution in [0.2, 0.25) is 5.02 Å². The van der Waals surface area contributed by atoms with Crippen molar-refractivity contribution in [3.8, 4) is 0 Å². The average Bonchev–Trinajstić information content (AvgIpc) is 2.93. The first kappa shape index (κ1) is 27.5. The highest BCUT2D eigenvalue weighted by Gasteiger charge is 2.28. The number of rotatable bonds is 8. The summed E-state index contributed by atoms with van der Waals surface area (Å²) >= 11 is 5.89. The van der Waals surface area contributed by atoms with Gasteiger partial charge in [0.1, 0.15) is 0 Å². The summed E-state index contributed by atoms with van der Waals surface area (Å²) in [6, 6.07) is 16.9. The van der Waals surface area contributed by atoms with Gasteiger partial charge in [-0.15, -0.1) is 0 Å². The molecule has 4 rings (SSSR count). The fourth-order valence-electron chi connectivity index (χ4n) is 3.90. The van der Waals surface area contributed by atoms with Crippen molar-refractivity contribution in [1.82, 2.24) is 4.31 Å². The molecule has 3 aromatic carbocycles. The number of ether oxygens (including phenoxy) is 2. The Hall–Kier alpha value is -3.57. The highest BCUT2D eigenvalue weighted by Crippen LogP contribution is 2.24. The molecule has 0 unspecified atom stereocenters. The zero-order valence-corrected chi connectivity index (χ0v) is 22.0. The molecule has 1 fully saturated rings. The molecule has 9 nitrogen and oxygen atoms in total. The Morgan fingerprint density at radius 3 is 2.32 bits per heavy atom. The molecule has 198 valence electrons. The van der Waals surface area contributed by atoms with Crippen LogP contribution in [0.3, 0.4) is 0 Å². The van der Waals surface area contributed by atoms with E-state index in [0.29, 0.717) is 29.4 Å². The highest BCUT2D eigenvalue weighted by molar-refractivity contribution is 7.89. The Morgan fingerprint density at radius 2 is 1.63 bits per heavy atom. The standard InChI is InChI=1S/C27H25ClN2O7S/c1-18-6-11-21(16-24(18)38(34,35)30-12-14-36-15-13-30)29-25(31)17-37-27(33)23-5-3-2-4-22(23)26(32)19-7-9-20(28)10-8-19/h2-11,16H,12-15,17H2,1H3,(H,29,31). The third-order valence-corrected chi connectivity index (χ3v) is 8.18. The fraction of sp³-hybridized carbons (Fsp3) is 0.222. The second kappa shape index (κ2) is 11.9. The molecule has 1 amide bonds. The maximum Gasteiger partial charge on any atom is 0.339 e. The minimum absolute atomic E-state index is 0.00877. The number of esters is 1. The zero-order chi connectivity index (χ0) is 27.3. The van der Waals surface area contributed by atoms with E-state index in [1.807, 2.05) is 0 Å². The summed E-state index contributed by atoms with van der Waals surface area (Å²) in [7, 11) is -3.77. The molecule has 0 spiro atoms. The van der Waals surface area contributed by atoms with Gasteiger partial charge in [-0.2, -0.15) is 4.31 Å². The van der Waals surface area contributed by atoms with E-state index >= 15 is 0 Å². The number of morpholine rings is 1. The van der Waals surface area contributed by atoms with Crippen LogP contribution in [0.4, 0.5) is 5.69 Å². The number of carbonyl (C=O) groups excluding carboxylic acids is 3. The number of nitrogens with one attached hydrogen (secondary N) is 1. The van der Waals surface area contributed by atoms with Crippen molar-refractivity contribution in [1.29, 1.82) is 0 Å². The molecule has 1 N–H and O–H groups in total. The maximum atomic E-state index is 13.1. The number of anilines is 1. The van der Waals surface area contributed by atoms with Crippen LogP contribution in [0, 0.1) is 6.92 Å². The fourth-order valence-corrected chi connectivity index (χ4v) is 5.69. The van der Waals surface area contributed by atoms with Crippen molar-refractivity contribution in [2.24, 2.45) is 0 Å². The van der Waals surface area contributed by atoms with E-state index in [-0.39, 0.29) is 34.8 Å². The summed E-state index contributed by atoms with van der Waals surface area (Å²) in [6.07, 6.45) is 0. The molecule has 1 saturated heterocycles. The number of carbonyl (C=O) groups is 3. The average molecular weight is 557 g/mol. The molecule has 0 saturated carbocycles. The lowest BCUT2D eigenvalue weighted by Gasteiger charge is -2.26. The molecular formula is C27H25ClN2O7S. The number of hydrogen-bond acceptors (Lipinski definition) is 7. The van der Waals surface area contributed by atoms with E-state index in [1.165, 1.54) is 22.5 Å². The molecule has 38 heavy (non-hydrogen) atoms. The Balaban J connectivity index is 1.43. The van der Waals surface area contributed by atoms with E-state index in [9.17, 15) is 22.8 Å². The Bertz CT molecular complexity index is 1470. The zero-order valence-electron chi connectivity index (χ0n) is 20.5. The molecule has 3 aromatic rings. The first-order chi connectivity index (χ1) is 18.2. The third-order valence-electron chi connectivity index (χ3n) is 5.89. The van der Waals surface area contributed by atoms with Crippen LogP contribution in [0.1, 0.15) is 31.8 Å². The summed E-state index contributed by atoms with van der Waals surface area (Å²) in [6.45, 7) is 2.15. The quantitative estimate of drug-likeness (QED) is 0.332. The lowest BCUT2D eigenvalue weighted by Crippen LogP contribution is -2.40. The van der Waals surface area contributed by atoms with Crippen molar-refractivity contribution < 1.29 is 32.3 Å². The number of ketones is 1. The SMILES string of the molecule is Cc1ccc(NC(=O)COC(=O)c2ccccc2C(=O)c2ccc(Cl)cc2)cc1S(=O)(=O)N1CCOCC1. The molecule has 0 aliphatic carbocycles. The van der Waals surface area contributed by atoms with Gasteiger partial charge >= 0.3 is 5.97 Å². The number of nitrogens with zero attached hydrogens (tertiary/aromatic N) is 1. The second-order valence-corrected chi connectivity index (χ2v) is 10.8. The number of hydrogen-bond donors (Lipinski definition) is 1. The van der Waals surface area contributed by atoms with E-state index in [1.54, 1.807) is 55.5 Å². The molecule has 0 atom stereocenters. The van der Waals surface area contributed by atoms with Gasteiger partial charge in [0.25, 0.3) is 5.91 Å². The Labute approximate surface area is 225 Å². The van der Waals surface area contributed by atoms with Crippen LogP contribution < -0.4 is 5.32 Å². The lowest BCUT2D eigenvalue weighted by molar-refractivity contribution is -0.119. The van der Waals surface area contributed by atoms with Gasteiger partial charge in [-0.25, -0.2) is 13.2 Å². The van der Waals surface area contributed by atoms with Gasteiger partial charge in [-0.3, -0.25) is 9.59 Å². The molecular weight excluding hydrogens is 532 g/mol. The van der Waals surface area contributed by atoms with E-state index in [0.717, 1.165) is 0 Å². The van der Waals surface area contributed by atoms with Crippen LogP contribution in [-0.4, -0.2) is 63.3 Å². The molecule has 0 aromatic heterocycles. The van der Waals surface area contributed by atoms with Gasteiger partial charge in [0.2, 0.25) is 10.0 Å². The van der Waals surface area contributed by atoms with E-state index < -0.39 is 34.3 Å². The van der Waals surface area contributed by atoms with Crippen LogP contribution in [0.5, 0.6) is 0 Å². The summed E-state index contributed by atoms with van der Waals surface area (Å²) in [5.41, 5.74) is 1.24. The third kappa shape index (κ3) is 6.28. The second-order valence-electron chi connectivity index (χ2n) is 8.50. The van der Waals surface area contributed by atoms with Crippen LogP contribution in [-0.2, 0) is 24.3 Å². The van der Waals surface area contributed by atoms with Crippen molar-refractivity contribution in [3.05, 3.63) is 94.0 Å². The van der Waals surface area contributed by atoms with Crippen molar-refractivity contribution in [2.75, 3.05) is 38.2 Å². The topological polar surface area (TPSA) is 119 Å². The highest BCUT2D eigenvalue weighted by atomic mass is 35.5. The monoisotopic (exact) mass is 556 g/mol. The Morgan fingerprint density at radius 1 is 0.974 bits per heavy atom. The first-order valence-corrected chi connectivity index (χ1v) is 13.5. The summed E-state index contributed by atoms with van der Waals surface area (Å²) in [5.74, 6) is -1.91. The summed E-state index contributed by atoms with van der Waals surface area (Å²) in [4.78, 5) is 38.3. The van der Waals surface area contributed by atoms with Gasteiger partial charge in [-0.1, -0.05) is 35.9 Å². The summed E-state index contributed by atoms with van der Waals surface area (Å²) < 4.78 is 37.9. The van der Waals surface area contributed by atoms with Gasteiger partial charge in [0.05, 0.1) is 23.7 Å². The molecule has 1 aliphatic rings. The lowest BCUT2D eigenvalue weighted by atomic mass is 9.98. The van der Waals surface area contributed by atoms with Crippen molar-refractivity contribution in [3.63, 3.8) is 0 Å². The number of amides is 1. The first-order valence-electron chi connectivity index (χ1n) is 11.7. The number of benzene rings is 3. The Kier molecular flexibility index (Phi) is 8.58. The molecule has 11 heteroatoms. The molecule has 1 aliphatic heterocycles. The number of aryl methyl sites for hydroxylation is 1. The smallest absolute Gasteiger partial charge is 0.339 e. The minimum Gasteiger partial charge on any atom is -0.452 e. The van der Waals surface area contributed by atoms with Crippen LogP contribution >= 0.6 is 11.6 Å². The number of halogens is 1. The van der Waals surface area contributed by atoms with Gasteiger partial charge < -0.3 is 14.8 Å². The van der Waals surface area contributed by atoms with Crippen molar-refractivity contribution in [2.45, 2.75) is 11.8 Å². The maximum absolute atomic E-state index is 13.1. The normalized spacial score (nSPS) is 14.1. The van der Waals surface area contributed by atoms with Gasteiger partial charge in [-0.05, 0) is 55.0 Å². The van der Waals surface area contributed by atoms with Crippen LogP contribution in [0.15, 0.2) is 71.6 Å². The number of sulfonamides is 1.